The third-order valence-corrected chi connectivity index (χ3v) is 13.6. The summed E-state index contributed by atoms with van der Waals surface area (Å²) in [5, 5.41) is 11.5. The van der Waals surface area contributed by atoms with Crippen molar-refractivity contribution >= 4 is 5.97 Å². The molecule has 234 valence electrons. The van der Waals surface area contributed by atoms with E-state index in [1.54, 1.807) is 5.57 Å². The molecule has 0 aromatic heterocycles. The highest BCUT2D eigenvalue weighted by Crippen LogP contribution is 2.76. The van der Waals surface area contributed by atoms with Gasteiger partial charge in [-0.15, -0.1) is 0 Å². The first kappa shape index (κ1) is 30.8. The van der Waals surface area contributed by atoms with E-state index in [-0.39, 0.29) is 39.7 Å². The fraction of sp³-hybridized carbons (Fsp3) is 0.667. The van der Waals surface area contributed by atoms with Gasteiger partial charge in [-0.05, 0) is 122 Å². The summed E-state index contributed by atoms with van der Waals surface area (Å²) in [7, 11) is 0. The minimum absolute atomic E-state index is 0.00489. The van der Waals surface area contributed by atoms with Crippen LogP contribution >= 0.6 is 0 Å². The number of carbonyl (C=O) groups excluding carboxylic acids is 1. The molecular formula is C39H54O4. The molecule has 1 N–H and O–H groups in total. The lowest BCUT2D eigenvalue weighted by Crippen LogP contribution is -2.62. The first-order valence-corrected chi connectivity index (χ1v) is 16.9. The number of benzene rings is 1. The summed E-state index contributed by atoms with van der Waals surface area (Å²) >= 11 is 0. The van der Waals surface area contributed by atoms with Gasteiger partial charge < -0.3 is 14.6 Å². The molecule has 3 unspecified atom stereocenters. The Morgan fingerprint density at radius 3 is 2.35 bits per heavy atom. The third-order valence-electron chi connectivity index (χ3n) is 13.6. The predicted octanol–water partition coefficient (Wildman–Crippen LogP) is 8.75. The average Bonchev–Trinajstić information content (AvgIpc) is 2.97. The number of allylic oxidation sites excluding steroid dienone is 4. The number of hydrogen-bond acceptors (Lipinski definition) is 4. The van der Waals surface area contributed by atoms with Crippen LogP contribution in [0.15, 0.2) is 64.8 Å². The van der Waals surface area contributed by atoms with Crippen LogP contribution in [0.3, 0.4) is 0 Å². The van der Waals surface area contributed by atoms with Crippen LogP contribution in [0, 0.1) is 38.9 Å². The minimum atomic E-state index is -0.662. The number of esters is 1. The van der Waals surface area contributed by atoms with E-state index >= 15 is 0 Å². The van der Waals surface area contributed by atoms with Gasteiger partial charge in [0.2, 0.25) is 0 Å². The smallest absolute Gasteiger partial charge is 0.311 e. The van der Waals surface area contributed by atoms with E-state index in [9.17, 15) is 9.90 Å². The molecule has 0 spiro atoms. The molecule has 0 aliphatic heterocycles. The van der Waals surface area contributed by atoms with Gasteiger partial charge in [-0.3, -0.25) is 4.79 Å². The van der Waals surface area contributed by atoms with Gasteiger partial charge >= 0.3 is 5.97 Å². The maximum atomic E-state index is 13.3. The van der Waals surface area contributed by atoms with Gasteiger partial charge in [-0.2, -0.15) is 0 Å². The molecule has 3 fully saturated rings. The Balaban J connectivity index is 1.36. The Morgan fingerprint density at radius 2 is 1.65 bits per heavy atom. The first-order valence-electron chi connectivity index (χ1n) is 16.9. The number of hydrogen-bond donors (Lipinski definition) is 1. The SMILES string of the molecule is CCOC(=O)[C@]1(C)CC[C@]2(C)CC[C@]3(C)C4=CC(C)C5=C(C)C(OCc6ccccc6)C(O)C=C5[C@]4(C)CC[C@@]3(C)[C@@H]2C1. The van der Waals surface area contributed by atoms with Crippen molar-refractivity contribution in [3.05, 3.63) is 70.3 Å². The molecule has 5 aliphatic carbocycles. The molecule has 0 saturated heterocycles. The molecule has 43 heavy (non-hydrogen) atoms. The Bertz CT molecular complexity index is 1370. The van der Waals surface area contributed by atoms with Crippen molar-refractivity contribution in [2.24, 2.45) is 38.9 Å². The Morgan fingerprint density at radius 1 is 0.953 bits per heavy atom. The van der Waals surface area contributed by atoms with Crippen LogP contribution in [0.4, 0.5) is 0 Å². The van der Waals surface area contributed by atoms with Crippen LogP contribution in [0.5, 0.6) is 0 Å². The molecule has 6 rings (SSSR count). The van der Waals surface area contributed by atoms with Gasteiger partial charge in [0.25, 0.3) is 0 Å². The second-order valence-electron chi connectivity index (χ2n) is 16.0. The predicted molar refractivity (Wildman–Crippen MR) is 172 cm³/mol. The van der Waals surface area contributed by atoms with Crippen LogP contribution < -0.4 is 0 Å². The van der Waals surface area contributed by atoms with Crippen LogP contribution in [0.25, 0.3) is 0 Å². The normalized spacial score (nSPS) is 43.8. The number of rotatable bonds is 5. The molecule has 4 nitrogen and oxygen atoms in total. The topological polar surface area (TPSA) is 55.8 Å². The summed E-state index contributed by atoms with van der Waals surface area (Å²) < 4.78 is 12.0. The fourth-order valence-electron chi connectivity index (χ4n) is 10.7. The van der Waals surface area contributed by atoms with Crippen molar-refractivity contribution in [2.75, 3.05) is 6.61 Å². The van der Waals surface area contributed by atoms with Gasteiger partial charge in [0.1, 0.15) is 12.2 Å². The fourth-order valence-corrected chi connectivity index (χ4v) is 10.7. The first-order chi connectivity index (χ1) is 20.2. The van der Waals surface area contributed by atoms with Crippen molar-refractivity contribution < 1.29 is 19.4 Å². The van der Waals surface area contributed by atoms with Crippen molar-refractivity contribution in [3.63, 3.8) is 0 Å². The van der Waals surface area contributed by atoms with E-state index in [2.05, 4.69) is 72.8 Å². The summed E-state index contributed by atoms with van der Waals surface area (Å²) in [5.41, 5.74) is 6.42. The maximum absolute atomic E-state index is 13.3. The summed E-state index contributed by atoms with van der Waals surface area (Å²) in [5.74, 6) is 0.714. The molecule has 3 saturated carbocycles. The monoisotopic (exact) mass is 586 g/mol. The number of aliphatic hydroxyl groups excluding tert-OH is 1. The molecule has 1 aromatic carbocycles. The lowest BCUT2D eigenvalue weighted by Gasteiger charge is -2.70. The van der Waals surface area contributed by atoms with E-state index in [4.69, 9.17) is 9.47 Å². The molecule has 0 heterocycles. The zero-order valence-corrected chi connectivity index (χ0v) is 27.9. The second-order valence-corrected chi connectivity index (χ2v) is 16.0. The molecule has 0 bridgehead atoms. The third kappa shape index (κ3) is 4.48. The minimum Gasteiger partial charge on any atom is -0.466 e. The van der Waals surface area contributed by atoms with Crippen LogP contribution in [0.1, 0.15) is 106 Å². The van der Waals surface area contributed by atoms with Gasteiger partial charge in [0.15, 0.2) is 0 Å². The van der Waals surface area contributed by atoms with Crippen molar-refractivity contribution in [3.8, 4) is 0 Å². The highest BCUT2D eigenvalue weighted by molar-refractivity contribution is 5.76. The van der Waals surface area contributed by atoms with Gasteiger partial charge in [0, 0.05) is 5.41 Å². The summed E-state index contributed by atoms with van der Waals surface area (Å²) in [6.07, 6.45) is 11.3. The number of aliphatic hydroxyl groups is 1. The van der Waals surface area contributed by atoms with Crippen molar-refractivity contribution in [1.82, 2.24) is 0 Å². The molecule has 4 heteroatoms. The zero-order valence-electron chi connectivity index (χ0n) is 27.9. The highest BCUT2D eigenvalue weighted by atomic mass is 16.5. The Hall–Kier alpha value is -2.17. The average molecular weight is 587 g/mol. The van der Waals surface area contributed by atoms with Crippen LogP contribution in [-0.2, 0) is 20.9 Å². The van der Waals surface area contributed by atoms with Gasteiger partial charge in [-0.1, -0.05) is 76.6 Å². The number of fused-ring (bicyclic) bond motifs is 7. The van der Waals surface area contributed by atoms with E-state index < -0.39 is 11.5 Å². The standard InChI is InChI=1S/C39H54O4/c1-9-42-34(41)36(5)16-15-35(4)17-19-38(7)30-21-25(2)32-26(3)33(43-24-27-13-11-10-12-14-27)29(40)22-28(32)37(30,6)18-20-39(38,8)31(35)23-36/h10-14,21-22,25,29,31,33,40H,9,15-20,23-24H2,1-8H3/t25?,29?,31-,33?,35-,36-,37+,38-,39+/m1/s1. The van der Waals surface area contributed by atoms with Gasteiger partial charge in [-0.25, -0.2) is 0 Å². The summed E-state index contributed by atoms with van der Waals surface area (Å²) in [6, 6.07) is 10.2. The molecule has 9 atom stereocenters. The maximum Gasteiger partial charge on any atom is 0.311 e. The lowest BCUT2D eigenvalue weighted by atomic mass is 9.34. The molecule has 0 amide bonds. The van der Waals surface area contributed by atoms with E-state index in [1.165, 1.54) is 29.6 Å². The van der Waals surface area contributed by atoms with E-state index in [0.29, 0.717) is 19.1 Å². The molecular weight excluding hydrogens is 532 g/mol. The van der Waals surface area contributed by atoms with E-state index in [0.717, 1.165) is 37.7 Å². The van der Waals surface area contributed by atoms with Crippen LogP contribution in [-0.4, -0.2) is 29.9 Å². The van der Waals surface area contributed by atoms with Crippen molar-refractivity contribution in [1.29, 1.82) is 0 Å². The lowest BCUT2D eigenvalue weighted by molar-refractivity contribution is -0.182. The van der Waals surface area contributed by atoms with E-state index in [1.807, 2.05) is 25.1 Å². The summed E-state index contributed by atoms with van der Waals surface area (Å²) in [4.78, 5) is 13.3. The number of carbonyl (C=O) groups is 1. The Labute approximate surface area is 260 Å². The van der Waals surface area contributed by atoms with Gasteiger partial charge in [0.05, 0.1) is 18.6 Å². The second kappa shape index (κ2) is 10.4. The summed E-state index contributed by atoms with van der Waals surface area (Å²) in [6.45, 7) is 19.6. The molecule has 1 aromatic rings. The zero-order chi connectivity index (χ0) is 31.0. The quantitative estimate of drug-likeness (QED) is 0.277. The van der Waals surface area contributed by atoms with Crippen LogP contribution in [0.2, 0.25) is 0 Å². The Kier molecular flexibility index (Phi) is 7.49. The molecule has 0 radical (unpaired) electrons. The highest BCUT2D eigenvalue weighted by Gasteiger charge is 2.67. The van der Waals surface area contributed by atoms with Crippen molar-refractivity contribution in [2.45, 2.75) is 119 Å². The largest absolute Gasteiger partial charge is 0.466 e. The number of ether oxygens (including phenoxy) is 2. The molecule has 5 aliphatic rings.